The summed E-state index contributed by atoms with van der Waals surface area (Å²) >= 11 is 6.83. The van der Waals surface area contributed by atoms with Gasteiger partial charge in [0, 0.05) is 6.42 Å². The van der Waals surface area contributed by atoms with Crippen LogP contribution in [-0.2, 0) is 9.53 Å². The van der Waals surface area contributed by atoms with Crippen molar-refractivity contribution >= 4 is 40.7 Å². The minimum atomic E-state index is -0.925. The quantitative estimate of drug-likeness (QED) is 0.831. The van der Waals surface area contributed by atoms with Gasteiger partial charge in [-0.05, 0) is 60.9 Å². The van der Waals surface area contributed by atoms with E-state index in [1.54, 1.807) is 11.3 Å². The first-order valence-corrected chi connectivity index (χ1v) is 8.39. The number of allylic oxidation sites excluding steroid dienone is 4. The van der Waals surface area contributed by atoms with Crippen molar-refractivity contribution in [2.24, 2.45) is 0 Å². The lowest BCUT2D eigenvalue weighted by Crippen LogP contribution is -2.24. The van der Waals surface area contributed by atoms with Crippen LogP contribution in [0.5, 0.6) is 0 Å². The molecule has 6 heteroatoms. The maximum absolute atomic E-state index is 11.2. The molecule has 4 nitrogen and oxygen atoms in total. The van der Waals surface area contributed by atoms with Crippen molar-refractivity contribution in [3.8, 4) is 0 Å². The zero-order valence-corrected chi connectivity index (χ0v) is 14.3. The van der Waals surface area contributed by atoms with Crippen LogP contribution in [0.1, 0.15) is 33.6 Å². The molecule has 2 aliphatic rings. The molecule has 2 aliphatic carbocycles. The van der Waals surface area contributed by atoms with Crippen LogP contribution in [0.25, 0.3) is 11.1 Å². The molecular weight excluding hydrogens is 318 g/mol. The number of hydrogen-bond acceptors (Lipinski definition) is 4. The lowest BCUT2D eigenvalue weighted by atomic mass is 9.90. The Morgan fingerprint density at radius 3 is 2.91 bits per heavy atom. The number of aromatic nitrogens is 1. The number of carbonyl (C=O) groups is 1. The minimum Gasteiger partial charge on any atom is -0.483 e. The summed E-state index contributed by atoms with van der Waals surface area (Å²) in [6, 6.07) is 0. The molecule has 1 atom stereocenters. The van der Waals surface area contributed by atoms with E-state index in [0.717, 1.165) is 20.4 Å². The van der Waals surface area contributed by atoms with Crippen LogP contribution in [-0.4, -0.2) is 22.2 Å². The van der Waals surface area contributed by atoms with Crippen LogP contribution in [0.2, 0.25) is 0 Å². The molecule has 0 saturated carbocycles. The van der Waals surface area contributed by atoms with E-state index >= 15 is 0 Å². The first-order chi connectivity index (χ1) is 10.4. The molecule has 0 bridgehead atoms. The van der Waals surface area contributed by atoms with Gasteiger partial charge in [0.05, 0.1) is 9.88 Å². The molecule has 1 aromatic rings. The number of carboxylic acids is 1. The molecule has 1 aromatic heterocycles. The molecule has 2 N–H and O–H groups in total. The summed E-state index contributed by atoms with van der Waals surface area (Å²) in [6.45, 7) is 5.95. The maximum Gasteiger partial charge on any atom is 0.344 e. The van der Waals surface area contributed by atoms with Gasteiger partial charge in [-0.2, -0.15) is 0 Å². The van der Waals surface area contributed by atoms with Crippen LogP contribution in [0.4, 0.5) is 0 Å². The molecular formula is C16H17NO3S2. The van der Waals surface area contributed by atoms with Crippen molar-refractivity contribution < 1.29 is 14.6 Å². The second kappa shape index (κ2) is 5.52. The van der Waals surface area contributed by atoms with Crippen molar-refractivity contribution in [2.75, 3.05) is 0 Å². The Morgan fingerprint density at radius 2 is 2.27 bits per heavy atom. The SMILES string of the molecule is CCC(OC1=CC(C)=C2C(=c3[nH]c(=S)sc3=C2C)C1)C(=O)O. The largest absolute Gasteiger partial charge is 0.483 e. The molecule has 116 valence electrons. The molecule has 1 unspecified atom stereocenters. The van der Waals surface area contributed by atoms with Gasteiger partial charge in [0.1, 0.15) is 5.76 Å². The molecule has 0 radical (unpaired) electrons. The number of thiazole rings is 1. The standard InChI is InChI=1S/C16H17NO3S2/c1-4-11(15(18)19)20-9-5-7(2)12-8(3)14-13(10(12)6-9)17-16(21)22-14/h5,11H,4,6H2,1-3H3,(H,17,21)(H,18,19). The molecule has 22 heavy (non-hydrogen) atoms. The highest BCUT2D eigenvalue weighted by atomic mass is 32.1. The van der Waals surface area contributed by atoms with Gasteiger partial charge in [-0.3, -0.25) is 0 Å². The molecule has 3 rings (SSSR count). The van der Waals surface area contributed by atoms with Gasteiger partial charge in [-0.15, -0.1) is 11.3 Å². The van der Waals surface area contributed by atoms with Crippen molar-refractivity contribution in [1.82, 2.24) is 4.98 Å². The smallest absolute Gasteiger partial charge is 0.344 e. The third-order valence-electron chi connectivity index (χ3n) is 4.03. The van der Waals surface area contributed by atoms with E-state index in [9.17, 15) is 4.79 Å². The molecule has 0 aromatic carbocycles. The van der Waals surface area contributed by atoms with Gasteiger partial charge in [-0.1, -0.05) is 6.92 Å². The van der Waals surface area contributed by atoms with Crippen molar-refractivity contribution in [2.45, 2.75) is 39.7 Å². The monoisotopic (exact) mass is 335 g/mol. The van der Waals surface area contributed by atoms with Gasteiger partial charge in [0.2, 0.25) is 0 Å². The third-order valence-corrected chi connectivity index (χ3v) is 5.38. The minimum absolute atomic E-state index is 0.439. The van der Waals surface area contributed by atoms with E-state index in [4.69, 9.17) is 22.1 Å². The average Bonchev–Trinajstić information content (AvgIpc) is 2.94. The Morgan fingerprint density at radius 1 is 1.55 bits per heavy atom. The van der Waals surface area contributed by atoms with E-state index in [1.807, 2.05) is 19.9 Å². The number of carboxylic acid groups (broad SMARTS) is 1. The highest BCUT2D eigenvalue weighted by Crippen LogP contribution is 2.36. The second-order valence-corrected chi connectivity index (χ2v) is 7.21. The molecule has 0 saturated heterocycles. The number of H-pyrrole nitrogens is 1. The Hall–Kier alpha value is -1.66. The van der Waals surface area contributed by atoms with Crippen LogP contribution >= 0.6 is 23.6 Å². The fourth-order valence-electron chi connectivity index (χ4n) is 3.09. The average molecular weight is 335 g/mol. The van der Waals surface area contributed by atoms with Gasteiger partial charge in [0.15, 0.2) is 10.1 Å². The lowest BCUT2D eigenvalue weighted by Gasteiger charge is -2.22. The number of aliphatic carboxylic acids is 1. The maximum atomic E-state index is 11.2. The van der Waals surface area contributed by atoms with Gasteiger partial charge < -0.3 is 14.8 Å². The normalized spacial score (nSPS) is 18.0. The summed E-state index contributed by atoms with van der Waals surface area (Å²) in [5.41, 5.74) is 4.75. The molecule has 0 fully saturated rings. The summed E-state index contributed by atoms with van der Waals surface area (Å²) in [4.78, 5) is 14.4. The number of rotatable bonds is 4. The van der Waals surface area contributed by atoms with E-state index < -0.39 is 12.1 Å². The van der Waals surface area contributed by atoms with E-state index in [-0.39, 0.29) is 0 Å². The highest BCUT2D eigenvalue weighted by molar-refractivity contribution is 7.73. The number of fused-ring (bicyclic) bond motifs is 2. The summed E-state index contributed by atoms with van der Waals surface area (Å²) in [6.07, 6.45) is 2.20. The lowest BCUT2D eigenvalue weighted by molar-refractivity contribution is -0.148. The number of nitrogens with one attached hydrogen (secondary N) is 1. The fourth-order valence-corrected chi connectivity index (χ4v) is 4.31. The van der Waals surface area contributed by atoms with Crippen LogP contribution in [0.15, 0.2) is 23.0 Å². The van der Waals surface area contributed by atoms with Crippen molar-refractivity contribution in [1.29, 1.82) is 0 Å². The third kappa shape index (κ3) is 2.36. The van der Waals surface area contributed by atoms with Crippen molar-refractivity contribution in [3.05, 3.63) is 36.8 Å². The Kier molecular flexibility index (Phi) is 3.82. The Balaban J connectivity index is 2.06. The topological polar surface area (TPSA) is 62.3 Å². The van der Waals surface area contributed by atoms with E-state index in [0.29, 0.717) is 18.6 Å². The van der Waals surface area contributed by atoms with Crippen LogP contribution in [0.3, 0.4) is 0 Å². The molecule has 1 heterocycles. The zero-order chi connectivity index (χ0) is 16.0. The van der Waals surface area contributed by atoms with Crippen molar-refractivity contribution in [3.63, 3.8) is 0 Å². The predicted octanol–water partition coefficient (Wildman–Crippen LogP) is 2.62. The van der Waals surface area contributed by atoms with Crippen LogP contribution < -0.4 is 9.88 Å². The molecule has 0 spiro atoms. The van der Waals surface area contributed by atoms with Gasteiger partial charge in [0.25, 0.3) is 0 Å². The zero-order valence-electron chi connectivity index (χ0n) is 12.6. The summed E-state index contributed by atoms with van der Waals surface area (Å²) < 4.78 is 7.65. The summed E-state index contributed by atoms with van der Waals surface area (Å²) in [5.74, 6) is -0.220. The Bertz CT molecular complexity index is 899. The summed E-state index contributed by atoms with van der Waals surface area (Å²) in [5, 5.41) is 10.2. The van der Waals surface area contributed by atoms with E-state index in [1.165, 1.54) is 15.7 Å². The number of ether oxygens (including phenoxy) is 1. The number of hydrogen-bond donors (Lipinski definition) is 2. The summed E-state index contributed by atoms with van der Waals surface area (Å²) in [7, 11) is 0. The first-order valence-electron chi connectivity index (χ1n) is 7.17. The predicted molar refractivity (Wildman–Crippen MR) is 89.4 cm³/mol. The van der Waals surface area contributed by atoms with Crippen LogP contribution in [0, 0.1) is 3.95 Å². The molecule has 0 aliphatic heterocycles. The molecule has 0 amide bonds. The van der Waals surface area contributed by atoms with E-state index in [2.05, 4.69) is 11.9 Å². The number of aromatic amines is 1. The first kappa shape index (κ1) is 15.2. The highest BCUT2D eigenvalue weighted by Gasteiger charge is 2.27. The second-order valence-electron chi connectivity index (χ2n) is 5.52. The van der Waals surface area contributed by atoms with Gasteiger partial charge >= 0.3 is 5.97 Å². The van der Waals surface area contributed by atoms with Gasteiger partial charge in [-0.25, -0.2) is 4.79 Å². The fraction of sp³-hybridized carbons (Fsp3) is 0.375. The Labute approximate surface area is 137 Å².